The minimum absolute atomic E-state index is 0.220. The van der Waals surface area contributed by atoms with Crippen molar-refractivity contribution in [2.45, 2.75) is 32.2 Å². The summed E-state index contributed by atoms with van der Waals surface area (Å²) < 4.78 is 3.08. The first kappa shape index (κ1) is 18.4. The maximum atomic E-state index is 13.4. The lowest BCUT2D eigenvalue weighted by atomic mass is 10.1. The van der Waals surface area contributed by atoms with Crippen LogP contribution in [0, 0.1) is 0 Å². The van der Waals surface area contributed by atoms with Gasteiger partial charge in [-0.2, -0.15) is 0 Å². The SMILES string of the molecule is O=c1c2c3c(sc2n(CCc2ccccc2)c(=O)n1-c1ccc(Cl)cc1)CCC3. The topological polar surface area (TPSA) is 44.0 Å². The molecule has 2 aromatic heterocycles. The first-order chi connectivity index (χ1) is 14.1. The van der Waals surface area contributed by atoms with Crippen molar-refractivity contribution in [1.82, 2.24) is 9.13 Å². The van der Waals surface area contributed by atoms with Crippen LogP contribution in [0.3, 0.4) is 0 Å². The van der Waals surface area contributed by atoms with Crippen LogP contribution in [-0.4, -0.2) is 9.13 Å². The second-order valence-corrected chi connectivity index (χ2v) is 8.84. The van der Waals surface area contributed by atoms with Gasteiger partial charge in [-0.3, -0.25) is 9.36 Å². The van der Waals surface area contributed by atoms with Gasteiger partial charge < -0.3 is 0 Å². The lowest BCUT2D eigenvalue weighted by molar-refractivity contribution is 0.652. The molecule has 0 aliphatic heterocycles. The molecular formula is C23H19ClN2O2S. The average Bonchev–Trinajstić information content (AvgIpc) is 3.31. The number of hydrogen-bond donors (Lipinski definition) is 0. The van der Waals surface area contributed by atoms with Gasteiger partial charge in [-0.1, -0.05) is 41.9 Å². The van der Waals surface area contributed by atoms with Crippen LogP contribution >= 0.6 is 22.9 Å². The van der Waals surface area contributed by atoms with Gasteiger partial charge in [-0.25, -0.2) is 9.36 Å². The maximum absolute atomic E-state index is 13.4. The Labute approximate surface area is 176 Å². The van der Waals surface area contributed by atoms with Crippen LogP contribution in [0.15, 0.2) is 64.2 Å². The van der Waals surface area contributed by atoms with E-state index in [2.05, 4.69) is 12.1 Å². The minimum Gasteiger partial charge on any atom is -0.284 e. The zero-order chi connectivity index (χ0) is 20.0. The molecule has 0 saturated heterocycles. The van der Waals surface area contributed by atoms with Crippen LogP contribution in [0.5, 0.6) is 0 Å². The molecule has 0 saturated carbocycles. The lowest BCUT2D eigenvalue weighted by Crippen LogP contribution is -2.39. The number of rotatable bonds is 4. The predicted molar refractivity (Wildman–Crippen MR) is 119 cm³/mol. The van der Waals surface area contributed by atoms with Gasteiger partial charge in [0.15, 0.2) is 0 Å². The smallest absolute Gasteiger partial charge is 0.284 e. The van der Waals surface area contributed by atoms with E-state index in [0.717, 1.165) is 36.1 Å². The summed E-state index contributed by atoms with van der Waals surface area (Å²) in [7, 11) is 0. The summed E-state index contributed by atoms with van der Waals surface area (Å²) in [4.78, 5) is 28.9. The summed E-state index contributed by atoms with van der Waals surface area (Å²) in [5.41, 5.74) is 2.34. The van der Waals surface area contributed by atoms with Crippen LogP contribution < -0.4 is 11.2 Å². The molecule has 4 aromatic rings. The van der Waals surface area contributed by atoms with Crippen molar-refractivity contribution >= 4 is 33.2 Å². The Kier molecular flexibility index (Phi) is 4.64. The van der Waals surface area contributed by atoms with Gasteiger partial charge in [0.05, 0.1) is 11.1 Å². The zero-order valence-electron chi connectivity index (χ0n) is 15.7. The number of thiophene rings is 1. The van der Waals surface area contributed by atoms with Crippen LogP contribution in [0.2, 0.25) is 5.02 Å². The summed E-state index contributed by atoms with van der Waals surface area (Å²) in [6, 6.07) is 17.0. The molecule has 0 N–H and O–H groups in total. The number of aromatic nitrogens is 2. The minimum atomic E-state index is -0.291. The van der Waals surface area contributed by atoms with Crippen molar-refractivity contribution in [3.63, 3.8) is 0 Å². The van der Waals surface area contributed by atoms with Crippen LogP contribution in [-0.2, 0) is 25.8 Å². The molecule has 6 heteroatoms. The maximum Gasteiger partial charge on any atom is 0.336 e. The highest BCUT2D eigenvalue weighted by Crippen LogP contribution is 2.35. The van der Waals surface area contributed by atoms with Crippen molar-refractivity contribution in [3.8, 4) is 5.69 Å². The second-order valence-electron chi connectivity index (χ2n) is 7.32. The second kappa shape index (κ2) is 7.32. The normalized spacial score (nSPS) is 13.1. The number of benzene rings is 2. The molecule has 29 heavy (non-hydrogen) atoms. The zero-order valence-corrected chi connectivity index (χ0v) is 17.3. The Hall–Kier alpha value is -2.63. The van der Waals surface area contributed by atoms with E-state index in [1.807, 2.05) is 18.2 Å². The first-order valence-corrected chi connectivity index (χ1v) is 10.9. The third-order valence-corrected chi connectivity index (χ3v) is 7.11. The molecule has 0 spiro atoms. The largest absolute Gasteiger partial charge is 0.336 e. The average molecular weight is 423 g/mol. The Balaban J connectivity index is 1.73. The van der Waals surface area contributed by atoms with E-state index in [9.17, 15) is 9.59 Å². The molecule has 0 radical (unpaired) electrons. The van der Waals surface area contributed by atoms with Gasteiger partial charge in [0.2, 0.25) is 0 Å². The van der Waals surface area contributed by atoms with E-state index >= 15 is 0 Å². The van der Waals surface area contributed by atoms with Crippen LogP contribution in [0.25, 0.3) is 15.9 Å². The lowest BCUT2D eigenvalue weighted by Gasteiger charge is -2.13. The van der Waals surface area contributed by atoms with Crippen molar-refractivity contribution in [1.29, 1.82) is 0 Å². The van der Waals surface area contributed by atoms with Crippen molar-refractivity contribution in [3.05, 3.63) is 96.5 Å². The summed E-state index contributed by atoms with van der Waals surface area (Å²) >= 11 is 7.62. The van der Waals surface area contributed by atoms with E-state index in [1.165, 1.54) is 15.0 Å². The Morgan fingerprint density at radius 2 is 1.72 bits per heavy atom. The van der Waals surface area contributed by atoms with Gasteiger partial charge in [-0.05, 0) is 61.1 Å². The fourth-order valence-corrected chi connectivity index (χ4v) is 5.63. The molecule has 0 amide bonds. The van der Waals surface area contributed by atoms with E-state index in [-0.39, 0.29) is 11.2 Å². The molecule has 1 aliphatic carbocycles. The highest BCUT2D eigenvalue weighted by Gasteiger charge is 2.25. The fourth-order valence-electron chi connectivity index (χ4n) is 4.11. The summed E-state index contributed by atoms with van der Waals surface area (Å²) in [6.07, 6.45) is 3.70. The number of aryl methyl sites for hydroxylation is 4. The molecule has 0 unspecified atom stereocenters. The number of fused-ring (bicyclic) bond motifs is 3. The molecule has 2 heterocycles. The summed E-state index contributed by atoms with van der Waals surface area (Å²) in [6.45, 7) is 0.534. The third-order valence-electron chi connectivity index (χ3n) is 5.54. The highest BCUT2D eigenvalue weighted by atomic mass is 35.5. The highest BCUT2D eigenvalue weighted by molar-refractivity contribution is 7.18. The number of hydrogen-bond acceptors (Lipinski definition) is 3. The predicted octanol–water partition coefficient (Wildman–Crippen LogP) is 4.60. The molecular weight excluding hydrogens is 404 g/mol. The molecule has 0 bridgehead atoms. The number of halogens is 1. The van der Waals surface area contributed by atoms with Crippen molar-refractivity contribution < 1.29 is 0 Å². The van der Waals surface area contributed by atoms with Gasteiger partial charge in [-0.15, -0.1) is 11.3 Å². The Bertz CT molecular complexity index is 1320. The molecule has 2 aromatic carbocycles. The molecule has 1 aliphatic rings. The van der Waals surface area contributed by atoms with Gasteiger partial charge >= 0.3 is 5.69 Å². The van der Waals surface area contributed by atoms with Gasteiger partial charge in [0.25, 0.3) is 5.56 Å². The summed E-state index contributed by atoms with van der Waals surface area (Å²) in [5.74, 6) is 0. The third kappa shape index (κ3) is 3.15. The quantitative estimate of drug-likeness (QED) is 0.482. The van der Waals surface area contributed by atoms with Crippen LogP contribution in [0.4, 0.5) is 0 Å². The summed E-state index contributed by atoms with van der Waals surface area (Å²) in [5, 5.41) is 1.29. The van der Waals surface area contributed by atoms with E-state index in [4.69, 9.17) is 11.6 Å². The van der Waals surface area contributed by atoms with Gasteiger partial charge in [0, 0.05) is 16.4 Å². The molecule has 5 rings (SSSR count). The monoisotopic (exact) mass is 422 g/mol. The molecule has 0 atom stereocenters. The first-order valence-electron chi connectivity index (χ1n) is 9.73. The van der Waals surface area contributed by atoms with Gasteiger partial charge in [0.1, 0.15) is 4.83 Å². The Morgan fingerprint density at radius 3 is 2.48 bits per heavy atom. The molecule has 0 fully saturated rings. The van der Waals surface area contributed by atoms with E-state index in [0.29, 0.717) is 22.6 Å². The van der Waals surface area contributed by atoms with Crippen molar-refractivity contribution in [2.75, 3.05) is 0 Å². The standard InChI is InChI=1S/C23H19ClN2O2S/c24-16-9-11-17(12-10-16)26-21(27)20-18-7-4-8-19(18)29-22(20)25(23(26)28)14-13-15-5-2-1-3-6-15/h1-3,5-6,9-12H,4,7-8,13-14H2. The van der Waals surface area contributed by atoms with E-state index in [1.54, 1.807) is 40.2 Å². The molecule has 4 nitrogen and oxygen atoms in total. The molecule has 146 valence electrons. The van der Waals surface area contributed by atoms with Crippen molar-refractivity contribution in [2.24, 2.45) is 0 Å². The van der Waals surface area contributed by atoms with E-state index < -0.39 is 0 Å². The number of nitrogens with zero attached hydrogens (tertiary/aromatic N) is 2. The Morgan fingerprint density at radius 1 is 0.966 bits per heavy atom. The fraction of sp³-hybridized carbons (Fsp3) is 0.217. The van der Waals surface area contributed by atoms with Crippen LogP contribution in [0.1, 0.15) is 22.4 Å².